The van der Waals surface area contributed by atoms with Crippen LogP contribution in [0.25, 0.3) is 11.1 Å². The molecule has 0 fully saturated rings. The molecule has 0 spiro atoms. The lowest BCUT2D eigenvalue weighted by atomic mass is 9.98. The molecule has 3 aromatic rings. The van der Waals surface area contributed by atoms with Crippen LogP contribution in [0, 0.1) is 17.0 Å². The van der Waals surface area contributed by atoms with Crippen LogP contribution in [-0.4, -0.2) is 45.5 Å². The number of hydrogen-bond acceptors (Lipinski definition) is 7. The second-order valence-corrected chi connectivity index (χ2v) is 7.84. The first-order chi connectivity index (χ1) is 15.9. The number of hydrogen-bond donors (Lipinski definition) is 3. The molecule has 9 heteroatoms. The fourth-order valence-electron chi connectivity index (χ4n) is 4.09. The van der Waals surface area contributed by atoms with Crippen molar-refractivity contribution in [3.05, 3.63) is 93.3 Å². The number of aliphatic hydroxyl groups excluding tert-OH is 2. The van der Waals surface area contributed by atoms with Gasteiger partial charge in [-0.3, -0.25) is 15.1 Å². The highest BCUT2D eigenvalue weighted by atomic mass is 16.6. The Balaban J connectivity index is 1.36. The van der Waals surface area contributed by atoms with Crippen LogP contribution in [0.5, 0.6) is 0 Å². The standard InChI is InChI=1S/C24H23N3O6/c1-14-20(10-15(11-25-14)27(31)32)23(29)22(28)12-26-24(30)33-13-21-18-8-4-2-6-16(18)17-7-3-5-9-19(17)21/h2-11,21-23,28-29H,12-13H2,1H3,(H,26,30). The number of carbonyl (C=O) groups excluding carboxylic acids is 1. The molecule has 1 aliphatic rings. The number of aromatic nitrogens is 1. The maximum atomic E-state index is 12.3. The van der Waals surface area contributed by atoms with Crippen molar-refractivity contribution in [2.45, 2.75) is 25.0 Å². The molecule has 1 amide bonds. The molecule has 33 heavy (non-hydrogen) atoms. The Morgan fingerprint density at radius 3 is 2.36 bits per heavy atom. The average Bonchev–Trinajstić information content (AvgIpc) is 3.14. The molecule has 3 N–H and O–H groups in total. The maximum Gasteiger partial charge on any atom is 0.407 e. The number of ether oxygens (including phenoxy) is 1. The van der Waals surface area contributed by atoms with Gasteiger partial charge in [-0.1, -0.05) is 48.5 Å². The first-order valence-electron chi connectivity index (χ1n) is 10.4. The van der Waals surface area contributed by atoms with Gasteiger partial charge in [-0.15, -0.1) is 0 Å². The average molecular weight is 449 g/mol. The zero-order valence-corrected chi connectivity index (χ0v) is 17.8. The highest BCUT2D eigenvalue weighted by Gasteiger charge is 2.29. The molecular formula is C24H23N3O6. The van der Waals surface area contributed by atoms with E-state index in [0.717, 1.165) is 34.5 Å². The molecule has 9 nitrogen and oxygen atoms in total. The van der Waals surface area contributed by atoms with Gasteiger partial charge in [0.15, 0.2) is 0 Å². The molecular weight excluding hydrogens is 426 g/mol. The van der Waals surface area contributed by atoms with Crippen LogP contribution in [0.3, 0.4) is 0 Å². The minimum absolute atomic E-state index is 0.0998. The van der Waals surface area contributed by atoms with Crippen LogP contribution in [0.1, 0.15) is 34.4 Å². The quantitative estimate of drug-likeness (QED) is 0.372. The van der Waals surface area contributed by atoms with Crippen LogP contribution in [0.15, 0.2) is 60.8 Å². The van der Waals surface area contributed by atoms with Crippen molar-refractivity contribution >= 4 is 11.8 Å². The lowest BCUT2D eigenvalue weighted by Gasteiger charge is -2.20. The van der Waals surface area contributed by atoms with Gasteiger partial charge in [-0.25, -0.2) is 4.79 Å². The van der Waals surface area contributed by atoms with Crippen LogP contribution in [-0.2, 0) is 4.74 Å². The van der Waals surface area contributed by atoms with Gasteiger partial charge in [0.25, 0.3) is 5.69 Å². The largest absolute Gasteiger partial charge is 0.449 e. The number of aryl methyl sites for hydroxylation is 1. The summed E-state index contributed by atoms with van der Waals surface area (Å²) in [5, 5.41) is 34.1. The molecule has 2 aromatic carbocycles. The van der Waals surface area contributed by atoms with E-state index >= 15 is 0 Å². The van der Waals surface area contributed by atoms with Crippen LogP contribution >= 0.6 is 0 Å². The van der Waals surface area contributed by atoms with Crippen molar-refractivity contribution in [2.75, 3.05) is 13.2 Å². The Hall–Kier alpha value is -3.82. The van der Waals surface area contributed by atoms with E-state index in [1.807, 2.05) is 48.5 Å². The Labute approximate surface area is 189 Å². The summed E-state index contributed by atoms with van der Waals surface area (Å²) < 4.78 is 5.41. The number of benzene rings is 2. The summed E-state index contributed by atoms with van der Waals surface area (Å²) in [6.07, 6.45) is -2.54. The molecule has 0 radical (unpaired) electrons. The number of carbonyl (C=O) groups is 1. The van der Waals surface area contributed by atoms with Crippen molar-refractivity contribution in [3.8, 4) is 11.1 Å². The third-order valence-electron chi connectivity index (χ3n) is 5.80. The van der Waals surface area contributed by atoms with E-state index in [-0.39, 0.29) is 30.3 Å². The van der Waals surface area contributed by atoms with Gasteiger partial charge in [0.2, 0.25) is 0 Å². The first kappa shape index (κ1) is 22.4. The number of rotatable bonds is 7. The van der Waals surface area contributed by atoms with Gasteiger partial charge in [0.1, 0.15) is 25.0 Å². The summed E-state index contributed by atoms with van der Waals surface area (Å²) in [6, 6.07) is 17.1. The van der Waals surface area contributed by atoms with Gasteiger partial charge in [-0.05, 0) is 29.2 Å². The molecule has 2 unspecified atom stereocenters. The van der Waals surface area contributed by atoms with E-state index in [1.54, 1.807) is 6.92 Å². The topological polar surface area (TPSA) is 135 Å². The summed E-state index contributed by atoms with van der Waals surface area (Å²) in [5.41, 5.74) is 4.54. The minimum Gasteiger partial charge on any atom is -0.449 e. The van der Waals surface area contributed by atoms with E-state index in [1.165, 1.54) is 0 Å². The number of nitro groups is 1. The Morgan fingerprint density at radius 2 is 1.76 bits per heavy atom. The van der Waals surface area contributed by atoms with E-state index in [9.17, 15) is 25.1 Å². The van der Waals surface area contributed by atoms with Crippen molar-refractivity contribution in [1.29, 1.82) is 0 Å². The summed E-state index contributed by atoms with van der Waals surface area (Å²) >= 11 is 0. The normalized spacial score (nSPS) is 14.2. The lowest BCUT2D eigenvalue weighted by Crippen LogP contribution is -2.36. The monoisotopic (exact) mass is 449 g/mol. The van der Waals surface area contributed by atoms with E-state index in [0.29, 0.717) is 5.69 Å². The second kappa shape index (κ2) is 9.35. The van der Waals surface area contributed by atoms with E-state index in [4.69, 9.17) is 4.74 Å². The predicted molar refractivity (Wildman–Crippen MR) is 120 cm³/mol. The summed E-state index contributed by atoms with van der Waals surface area (Å²) in [6.45, 7) is 1.38. The molecule has 2 atom stereocenters. The number of alkyl carbamates (subject to hydrolysis) is 1. The van der Waals surface area contributed by atoms with Crippen LogP contribution < -0.4 is 5.32 Å². The zero-order valence-electron chi connectivity index (χ0n) is 17.8. The zero-order chi connectivity index (χ0) is 23.5. The Morgan fingerprint density at radius 1 is 1.15 bits per heavy atom. The number of fused-ring (bicyclic) bond motifs is 3. The molecule has 0 saturated heterocycles. The van der Waals surface area contributed by atoms with Gasteiger partial charge in [0.05, 0.1) is 4.92 Å². The molecule has 1 aromatic heterocycles. The van der Waals surface area contributed by atoms with Gasteiger partial charge < -0.3 is 20.3 Å². The summed E-state index contributed by atoms with van der Waals surface area (Å²) in [7, 11) is 0. The fraction of sp³-hybridized carbons (Fsp3) is 0.250. The van der Waals surface area contributed by atoms with Crippen molar-refractivity contribution in [2.24, 2.45) is 0 Å². The van der Waals surface area contributed by atoms with Crippen molar-refractivity contribution in [3.63, 3.8) is 0 Å². The number of amides is 1. The highest BCUT2D eigenvalue weighted by molar-refractivity contribution is 5.79. The molecule has 1 aliphatic carbocycles. The predicted octanol–water partition coefficient (Wildman–Crippen LogP) is 3.23. The van der Waals surface area contributed by atoms with E-state index in [2.05, 4.69) is 10.3 Å². The van der Waals surface area contributed by atoms with E-state index < -0.39 is 23.2 Å². The van der Waals surface area contributed by atoms with Crippen LogP contribution in [0.4, 0.5) is 10.5 Å². The Bertz CT molecular complexity index is 1150. The molecule has 1 heterocycles. The van der Waals surface area contributed by atoms with Crippen molar-refractivity contribution < 1.29 is 24.7 Å². The molecule has 0 bridgehead atoms. The number of nitrogens with zero attached hydrogens (tertiary/aromatic N) is 2. The highest BCUT2D eigenvalue weighted by Crippen LogP contribution is 2.44. The second-order valence-electron chi connectivity index (χ2n) is 7.84. The molecule has 0 aliphatic heterocycles. The number of aliphatic hydroxyl groups is 2. The first-order valence-corrected chi connectivity index (χ1v) is 10.4. The smallest absolute Gasteiger partial charge is 0.407 e. The molecule has 170 valence electrons. The third kappa shape index (κ3) is 4.55. The SMILES string of the molecule is Cc1ncc([N+](=O)[O-])cc1C(O)C(O)CNC(=O)OCC1c2ccccc2-c2ccccc21. The number of nitrogens with one attached hydrogen (secondary N) is 1. The third-order valence-corrected chi connectivity index (χ3v) is 5.80. The lowest BCUT2D eigenvalue weighted by molar-refractivity contribution is -0.385. The number of pyridine rings is 1. The van der Waals surface area contributed by atoms with Crippen molar-refractivity contribution in [1.82, 2.24) is 10.3 Å². The minimum atomic E-state index is -1.47. The summed E-state index contributed by atoms with van der Waals surface area (Å²) in [5.74, 6) is -0.0998. The van der Waals surface area contributed by atoms with Crippen LogP contribution in [0.2, 0.25) is 0 Å². The molecule has 4 rings (SSSR count). The maximum absolute atomic E-state index is 12.3. The summed E-state index contributed by atoms with van der Waals surface area (Å²) in [4.78, 5) is 26.5. The van der Waals surface area contributed by atoms with Gasteiger partial charge in [-0.2, -0.15) is 0 Å². The molecule has 0 saturated carbocycles. The van der Waals surface area contributed by atoms with Gasteiger partial charge >= 0.3 is 6.09 Å². The van der Waals surface area contributed by atoms with Gasteiger partial charge in [0, 0.05) is 29.8 Å². The Kier molecular flexibility index (Phi) is 6.34. The fourth-order valence-corrected chi connectivity index (χ4v) is 4.09.